The van der Waals surface area contributed by atoms with Gasteiger partial charge in [-0.25, -0.2) is 0 Å². The average Bonchev–Trinajstić information content (AvgIpc) is 2.65. The molecule has 0 N–H and O–H groups in total. The Balaban J connectivity index is 2.37. The van der Waals surface area contributed by atoms with Crippen molar-refractivity contribution in [3.8, 4) is 0 Å². The highest BCUT2D eigenvalue weighted by molar-refractivity contribution is 5.87. The molecular formula is C11H15N3O. The number of fused-ring (bicyclic) bond motifs is 1. The van der Waals surface area contributed by atoms with Crippen LogP contribution >= 0.6 is 0 Å². The van der Waals surface area contributed by atoms with Crippen molar-refractivity contribution in [3.63, 3.8) is 0 Å². The number of carbonyl (C=O) groups excluding carboxylic acids is 1. The first kappa shape index (κ1) is 9.96. The molecule has 15 heavy (non-hydrogen) atoms. The van der Waals surface area contributed by atoms with Crippen LogP contribution in [0.2, 0.25) is 0 Å². The zero-order chi connectivity index (χ0) is 11.0. The van der Waals surface area contributed by atoms with Gasteiger partial charge in [-0.2, -0.15) is 5.10 Å². The van der Waals surface area contributed by atoms with E-state index in [9.17, 15) is 4.79 Å². The summed E-state index contributed by atoms with van der Waals surface area (Å²) in [7, 11) is 0. The highest BCUT2D eigenvalue weighted by atomic mass is 16.2. The summed E-state index contributed by atoms with van der Waals surface area (Å²) in [5.41, 5.74) is 1.09. The van der Waals surface area contributed by atoms with E-state index in [0.29, 0.717) is 0 Å². The minimum atomic E-state index is -0.0116. The molecule has 4 heteroatoms. The highest BCUT2D eigenvalue weighted by Crippen LogP contribution is 2.27. The molecule has 0 fully saturated rings. The summed E-state index contributed by atoms with van der Waals surface area (Å²) < 4.78 is 1.96. The third-order valence-electron chi connectivity index (χ3n) is 2.94. The molecule has 2 rings (SSSR count). The standard InChI is InChI=1S/C11H15N3O/c1-4-11(15)14-8(2)7-13-10(9(14)3)5-6-12-13/h4-6,8-9H,1,7H2,2-3H3. The van der Waals surface area contributed by atoms with Crippen LogP contribution in [0.25, 0.3) is 0 Å². The summed E-state index contributed by atoms with van der Waals surface area (Å²) in [5.74, 6) is -0.0116. The summed E-state index contributed by atoms with van der Waals surface area (Å²) in [4.78, 5) is 13.5. The van der Waals surface area contributed by atoms with Gasteiger partial charge in [-0.3, -0.25) is 9.48 Å². The van der Waals surface area contributed by atoms with Crippen LogP contribution in [-0.2, 0) is 11.3 Å². The topological polar surface area (TPSA) is 38.1 Å². The van der Waals surface area contributed by atoms with E-state index < -0.39 is 0 Å². The number of hydrogen-bond donors (Lipinski definition) is 0. The fourth-order valence-electron chi connectivity index (χ4n) is 2.23. The van der Waals surface area contributed by atoms with Gasteiger partial charge >= 0.3 is 0 Å². The molecule has 0 bridgehead atoms. The molecule has 0 radical (unpaired) electrons. The van der Waals surface area contributed by atoms with Crippen LogP contribution in [0.1, 0.15) is 25.6 Å². The van der Waals surface area contributed by atoms with Crippen LogP contribution in [0, 0.1) is 0 Å². The zero-order valence-corrected chi connectivity index (χ0v) is 9.05. The smallest absolute Gasteiger partial charge is 0.246 e. The molecule has 1 aliphatic rings. The molecule has 2 unspecified atom stereocenters. The Bertz CT molecular complexity index is 396. The second kappa shape index (κ2) is 3.53. The molecule has 1 aromatic heterocycles. The fourth-order valence-corrected chi connectivity index (χ4v) is 2.23. The molecule has 1 amide bonds. The lowest BCUT2D eigenvalue weighted by atomic mass is 10.1. The number of rotatable bonds is 1. The first-order valence-electron chi connectivity index (χ1n) is 5.11. The van der Waals surface area contributed by atoms with E-state index in [1.807, 2.05) is 29.5 Å². The quantitative estimate of drug-likeness (QED) is 0.649. The molecule has 4 nitrogen and oxygen atoms in total. The van der Waals surface area contributed by atoms with Crippen molar-refractivity contribution in [2.45, 2.75) is 32.5 Å². The van der Waals surface area contributed by atoms with Gasteiger partial charge in [0.1, 0.15) is 0 Å². The minimum Gasteiger partial charge on any atom is -0.326 e. The summed E-state index contributed by atoms with van der Waals surface area (Å²) >= 11 is 0. The van der Waals surface area contributed by atoms with Gasteiger partial charge in [0.25, 0.3) is 0 Å². The van der Waals surface area contributed by atoms with E-state index in [0.717, 1.165) is 12.2 Å². The van der Waals surface area contributed by atoms with E-state index in [2.05, 4.69) is 11.7 Å². The minimum absolute atomic E-state index is 0.0116. The van der Waals surface area contributed by atoms with Gasteiger partial charge in [0, 0.05) is 12.2 Å². The maximum atomic E-state index is 11.7. The first-order valence-corrected chi connectivity index (χ1v) is 5.11. The maximum absolute atomic E-state index is 11.7. The monoisotopic (exact) mass is 205 g/mol. The Kier molecular flexibility index (Phi) is 2.34. The van der Waals surface area contributed by atoms with E-state index in [1.54, 1.807) is 6.20 Å². The summed E-state index contributed by atoms with van der Waals surface area (Å²) in [6.45, 7) is 8.34. The predicted molar refractivity (Wildman–Crippen MR) is 57.1 cm³/mol. The molecular weight excluding hydrogens is 190 g/mol. The van der Waals surface area contributed by atoms with Crippen LogP contribution in [0.5, 0.6) is 0 Å². The maximum Gasteiger partial charge on any atom is 0.246 e. The van der Waals surface area contributed by atoms with Crippen LogP contribution in [0.3, 0.4) is 0 Å². The van der Waals surface area contributed by atoms with Crippen molar-refractivity contribution in [2.75, 3.05) is 0 Å². The van der Waals surface area contributed by atoms with Gasteiger partial charge in [-0.15, -0.1) is 0 Å². The fraction of sp³-hybridized carbons (Fsp3) is 0.455. The normalized spacial score (nSPS) is 24.8. The Labute approximate surface area is 89.2 Å². The number of carbonyl (C=O) groups is 1. The Morgan fingerprint density at radius 1 is 1.67 bits per heavy atom. The largest absolute Gasteiger partial charge is 0.326 e. The van der Waals surface area contributed by atoms with E-state index >= 15 is 0 Å². The molecule has 1 aliphatic heterocycles. The van der Waals surface area contributed by atoms with Crippen LogP contribution in [0.4, 0.5) is 0 Å². The van der Waals surface area contributed by atoms with Gasteiger partial charge < -0.3 is 4.90 Å². The summed E-state index contributed by atoms with van der Waals surface area (Å²) in [5, 5.41) is 4.23. The lowest BCUT2D eigenvalue weighted by Gasteiger charge is -2.38. The summed E-state index contributed by atoms with van der Waals surface area (Å²) in [6, 6.07) is 2.19. The van der Waals surface area contributed by atoms with E-state index in [-0.39, 0.29) is 18.0 Å². The SMILES string of the molecule is C=CC(=O)N1C(C)Cn2nccc2C1C. The molecule has 0 saturated carbocycles. The van der Waals surface area contributed by atoms with Crippen molar-refractivity contribution in [3.05, 3.63) is 30.6 Å². The van der Waals surface area contributed by atoms with E-state index in [4.69, 9.17) is 0 Å². The van der Waals surface area contributed by atoms with Crippen molar-refractivity contribution in [1.82, 2.24) is 14.7 Å². The molecule has 0 spiro atoms. The molecule has 1 aromatic rings. The molecule has 0 saturated heterocycles. The molecule has 2 heterocycles. The van der Waals surface area contributed by atoms with Crippen molar-refractivity contribution < 1.29 is 4.79 Å². The Morgan fingerprint density at radius 2 is 2.40 bits per heavy atom. The lowest BCUT2D eigenvalue weighted by molar-refractivity contribution is -0.131. The van der Waals surface area contributed by atoms with Gasteiger partial charge in [-0.1, -0.05) is 6.58 Å². The Hall–Kier alpha value is -1.58. The third kappa shape index (κ3) is 1.46. The average molecular weight is 205 g/mol. The van der Waals surface area contributed by atoms with Crippen molar-refractivity contribution in [2.24, 2.45) is 0 Å². The molecule has 0 aliphatic carbocycles. The lowest BCUT2D eigenvalue weighted by Crippen LogP contribution is -2.46. The molecule has 0 aromatic carbocycles. The zero-order valence-electron chi connectivity index (χ0n) is 9.05. The van der Waals surface area contributed by atoms with Gasteiger partial charge in [0.2, 0.25) is 5.91 Å². The second-order valence-corrected chi connectivity index (χ2v) is 3.91. The summed E-state index contributed by atoms with van der Waals surface area (Å²) in [6.07, 6.45) is 3.15. The van der Waals surface area contributed by atoms with Gasteiger partial charge in [0.15, 0.2) is 0 Å². The van der Waals surface area contributed by atoms with Crippen LogP contribution in [0.15, 0.2) is 24.9 Å². The second-order valence-electron chi connectivity index (χ2n) is 3.91. The van der Waals surface area contributed by atoms with E-state index in [1.165, 1.54) is 6.08 Å². The first-order chi connectivity index (χ1) is 7.15. The third-order valence-corrected chi connectivity index (χ3v) is 2.94. The van der Waals surface area contributed by atoms with Crippen molar-refractivity contribution >= 4 is 5.91 Å². The number of aromatic nitrogens is 2. The predicted octanol–water partition coefficient (Wildman–Crippen LogP) is 1.36. The Morgan fingerprint density at radius 3 is 3.07 bits per heavy atom. The molecule has 2 atom stereocenters. The van der Waals surface area contributed by atoms with Gasteiger partial charge in [0.05, 0.1) is 18.3 Å². The highest BCUT2D eigenvalue weighted by Gasteiger charge is 2.31. The van der Waals surface area contributed by atoms with Crippen LogP contribution in [-0.4, -0.2) is 26.6 Å². The number of hydrogen-bond acceptors (Lipinski definition) is 2. The number of nitrogens with zero attached hydrogens (tertiary/aromatic N) is 3. The number of amides is 1. The van der Waals surface area contributed by atoms with Crippen molar-refractivity contribution in [1.29, 1.82) is 0 Å². The molecule has 80 valence electrons. The van der Waals surface area contributed by atoms with Gasteiger partial charge in [-0.05, 0) is 26.0 Å². The van der Waals surface area contributed by atoms with Crippen LogP contribution < -0.4 is 0 Å².